The van der Waals surface area contributed by atoms with E-state index in [1.54, 1.807) is 13.0 Å². The van der Waals surface area contributed by atoms with Gasteiger partial charge >= 0.3 is 5.97 Å². The molecule has 0 N–H and O–H groups in total. The van der Waals surface area contributed by atoms with Crippen molar-refractivity contribution in [3.05, 3.63) is 23.2 Å². The highest BCUT2D eigenvalue weighted by atomic mass is 16.6. The Labute approximate surface area is 90.4 Å². The summed E-state index contributed by atoms with van der Waals surface area (Å²) in [7, 11) is 0. The Hall–Kier alpha value is -1.25. The first-order valence-corrected chi connectivity index (χ1v) is 5.16. The summed E-state index contributed by atoms with van der Waals surface area (Å²) in [5, 5.41) is 0. The lowest BCUT2D eigenvalue weighted by Gasteiger charge is -2.18. The van der Waals surface area contributed by atoms with Gasteiger partial charge in [-0.05, 0) is 33.8 Å². The Balaban J connectivity index is 2.87. The SMILES string of the molecule is CCc1cc(C(=O)OC(C)(C)C)c(C)o1. The van der Waals surface area contributed by atoms with Gasteiger partial charge in [0.1, 0.15) is 22.7 Å². The summed E-state index contributed by atoms with van der Waals surface area (Å²) in [5.74, 6) is 1.12. The van der Waals surface area contributed by atoms with E-state index in [0.29, 0.717) is 11.3 Å². The van der Waals surface area contributed by atoms with Crippen LogP contribution in [0.2, 0.25) is 0 Å². The number of esters is 1. The van der Waals surface area contributed by atoms with E-state index in [4.69, 9.17) is 9.15 Å². The van der Waals surface area contributed by atoms with Crippen LogP contribution in [-0.4, -0.2) is 11.6 Å². The molecule has 1 aromatic heterocycles. The van der Waals surface area contributed by atoms with Gasteiger partial charge in [0.2, 0.25) is 0 Å². The van der Waals surface area contributed by atoms with Crippen LogP contribution in [0.4, 0.5) is 0 Å². The Morgan fingerprint density at radius 1 is 1.47 bits per heavy atom. The molecule has 0 atom stereocenters. The predicted octanol–water partition coefficient (Wildman–Crippen LogP) is 3.11. The molecule has 3 nitrogen and oxygen atoms in total. The van der Waals surface area contributed by atoms with Gasteiger partial charge in [-0.1, -0.05) is 6.92 Å². The fraction of sp³-hybridized carbons (Fsp3) is 0.583. The van der Waals surface area contributed by atoms with Crippen LogP contribution >= 0.6 is 0 Å². The highest BCUT2D eigenvalue weighted by Gasteiger charge is 2.21. The summed E-state index contributed by atoms with van der Waals surface area (Å²) in [6.07, 6.45) is 0.781. The van der Waals surface area contributed by atoms with Crippen molar-refractivity contribution < 1.29 is 13.9 Å². The topological polar surface area (TPSA) is 39.4 Å². The van der Waals surface area contributed by atoms with Gasteiger partial charge in [0.25, 0.3) is 0 Å². The van der Waals surface area contributed by atoms with Crippen molar-refractivity contribution in [2.24, 2.45) is 0 Å². The molecule has 1 heterocycles. The lowest BCUT2D eigenvalue weighted by molar-refractivity contribution is 0.00678. The largest absolute Gasteiger partial charge is 0.465 e. The van der Waals surface area contributed by atoms with E-state index in [9.17, 15) is 4.79 Å². The molecule has 0 aliphatic heterocycles. The molecular weight excluding hydrogens is 192 g/mol. The maximum atomic E-state index is 11.7. The number of rotatable bonds is 2. The minimum atomic E-state index is -0.465. The Morgan fingerprint density at radius 2 is 2.07 bits per heavy atom. The second-order valence-corrected chi connectivity index (χ2v) is 4.54. The number of furan rings is 1. The third-order valence-corrected chi connectivity index (χ3v) is 1.94. The first kappa shape index (κ1) is 11.8. The number of carbonyl (C=O) groups excluding carboxylic acids is 1. The zero-order valence-corrected chi connectivity index (χ0v) is 10.0. The van der Waals surface area contributed by atoms with Crippen molar-refractivity contribution in [3.8, 4) is 0 Å². The lowest BCUT2D eigenvalue weighted by Crippen LogP contribution is -2.23. The quantitative estimate of drug-likeness (QED) is 0.704. The molecule has 0 unspecified atom stereocenters. The van der Waals surface area contributed by atoms with E-state index in [0.717, 1.165) is 12.2 Å². The molecular formula is C12H18O3. The van der Waals surface area contributed by atoms with Gasteiger partial charge in [-0.25, -0.2) is 4.79 Å². The van der Waals surface area contributed by atoms with Gasteiger partial charge < -0.3 is 9.15 Å². The maximum Gasteiger partial charge on any atom is 0.342 e. The van der Waals surface area contributed by atoms with Crippen LogP contribution in [0.3, 0.4) is 0 Å². The van der Waals surface area contributed by atoms with E-state index in [1.165, 1.54) is 0 Å². The number of carbonyl (C=O) groups is 1. The fourth-order valence-electron chi connectivity index (χ4n) is 1.25. The molecule has 0 saturated carbocycles. The van der Waals surface area contributed by atoms with Gasteiger partial charge in [0.15, 0.2) is 0 Å². The van der Waals surface area contributed by atoms with Crippen molar-refractivity contribution >= 4 is 5.97 Å². The zero-order valence-electron chi connectivity index (χ0n) is 10.0. The van der Waals surface area contributed by atoms with Crippen molar-refractivity contribution in [1.82, 2.24) is 0 Å². The number of hydrogen-bond donors (Lipinski definition) is 0. The van der Waals surface area contributed by atoms with Crippen molar-refractivity contribution in [2.75, 3.05) is 0 Å². The molecule has 0 spiro atoms. The average molecular weight is 210 g/mol. The Bertz CT molecular complexity index is 355. The van der Waals surface area contributed by atoms with Gasteiger partial charge in [0.05, 0.1) is 0 Å². The second-order valence-electron chi connectivity index (χ2n) is 4.54. The first-order valence-electron chi connectivity index (χ1n) is 5.16. The lowest BCUT2D eigenvalue weighted by atomic mass is 10.2. The molecule has 0 aliphatic carbocycles. The predicted molar refractivity (Wildman–Crippen MR) is 58.0 cm³/mol. The maximum absolute atomic E-state index is 11.7. The smallest absolute Gasteiger partial charge is 0.342 e. The highest BCUT2D eigenvalue weighted by Crippen LogP contribution is 2.19. The highest BCUT2D eigenvalue weighted by molar-refractivity contribution is 5.90. The van der Waals surface area contributed by atoms with Crippen LogP contribution in [0.5, 0.6) is 0 Å². The van der Waals surface area contributed by atoms with Crippen LogP contribution in [0, 0.1) is 6.92 Å². The summed E-state index contributed by atoms with van der Waals surface area (Å²) < 4.78 is 10.7. The summed E-state index contributed by atoms with van der Waals surface area (Å²) in [6.45, 7) is 9.30. The normalized spacial score (nSPS) is 11.5. The van der Waals surface area contributed by atoms with Crippen LogP contribution in [0.15, 0.2) is 10.5 Å². The van der Waals surface area contributed by atoms with Crippen LogP contribution < -0.4 is 0 Å². The minimum Gasteiger partial charge on any atom is -0.465 e. The summed E-state index contributed by atoms with van der Waals surface area (Å²) in [5.41, 5.74) is 0.0643. The third-order valence-electron chi connectivity index (χ3n) is 1.94. The Morgan fingerprint density at radius 3 is 2.47 bits per heavy atom. The van der Waals surface area contributed by atoms with Gasteiger partial charge in [-0.2, -0.15) is 0 Å². The van der Waals surface area contributed by atoms with Crippen molar-refractivity contribution in [1.29, 1.82) is 0 Å². The fourth-order valence-corrected chi connectivity index (χ4v) is 1.25. The first-order chi connectivity index (χ1) is 6.83. The summed E-state index contributed by atoms with van der Waals surface area (Å²) in [4.78, 5) is 11.7. The summed E-state index contributed by atoms with van der Waals surface area (Å²) in [6, 6.07) is 1.75. The third kappa shape index (κ3) is 3.11. The van der Waals surface area contributed by atoms with E-state index in [2.05, 4.69) is 0 Å². The van der Waals surface area contributed by atoms with E-state index in [1.807, 2.05) is 27.7 Å². The molecule has 1 aromatic rings. The Kier molecular flexibility index (Phi) is 3.22. The molecule has 3 heteroatoms. The van der Waals surface area contributed by atoms with Gasteiger partial charge in [-0.3, -0.25) is 0 Å². The molecule has 0 aromatic carbocycles. The van der Waals surface area contributed by atoms with Crippen LogP contribution in [-0.2, 0) is 11.2 Å². The molecule has 15 heavy (non-hydrogen) atoms. The molecule has 0 radical (unpaired) electrons. The monoisotopic (exact) mass is 210 g/mol. The van der Waals surface area contributed by atoms with Gasteiger partial charge in [0, 0.05) is 6.42 Å². The zero-order chi connectivity index (χ0) is 11.6. The molecule has 1 rings (SSSR count). The number of ether oxygens (including phenoxy) is 1. The van der Waals surface area contributed by atoms with Crippen LogP contribution in [0.1, 0.15) is 49.6 Å². The van der Waals surface area contributed by atoms with Crippen LogP contribution in [0.25, 0.3) is 0 Å². The van der Waals surface area contributed by atoms with Gasteiger partial charge in [-0.15, -0.1) is 0 Å². The molecule has 0 aliphatic rings. The average Bonchev–Trinajstić information content (AvgIpc) is 2.43. The van der Waals surface area contributed by atoms with E-state index < -0.39 is 5.60 Å². The molecule has 0 saturated heterocycles. The van der Waals surface area contributed by atoms with E-state index in [-0.39, 0.29) is 5.97 Å². The minimum absolute atomic E-state index is 0.316. The van der Waals surface area contributed by atoms with Crippen molar-refractivity contribution in [3.63, 3.8) is 0 Å². The molecule has 0 bridgehead atoms. The van der Waals surface area contributed by atoms with E-state index >= 15 is 0 Å². The standard InChI is InChI=1S/C12H18O3/c1-6-9-7-10(8(2)14-9)11(13)15-12(3,4)5/h7H,6H2,1-5H3. The summed E-state index contributed by atoms with van der Waals surface area (Å²) >= 11 is 0. The molecule has 0 amide bonds. The number of hydrogen-bond acceptors (Lipinski definition) is 3. The second kappa shape index (κ2) is 4.09. The van der Waals surface area contributed by atoms with Crippen molar-refractivity contribution in [2.45, 2.75) is 46.6 Å². The number of aryl methyl sites for hydroxylation is 2. The molecule has 84 valence electrons. The molecule has 0 fully saturated rings.